The monoisotopic (exact) mass is 267 g/mol. The topological polar surface area (TPSA) is 88.5 Å². The number of nitrogen functional groups attached to an aromatic ring is 1. The maximum atomic E-state index is 8.66. The van der Waals surface area contributed by atoms with Crippen LogP contribution in [-0.2, 0) is 0 Å². The molecule has 98 valence electrons. The van der Waals surface area contributed by atoms with E-state index in [4.69, 9.17) is 10.8 Å². The number of nitrogens with zero attached hydrogens (tertiary/aromatic N) is 3. The quantitative estimate of drug-likeness (QED) is 0.644. The number of thioether (sulfide) groups is 1. The molecule has 0 aliphatic rings. The van der Waals surface area contributed by atoms with Gasteiger partial charge in [0.2, 0.25) is 0 Å². The van der Waals surface area contributed by atoms with Crippen molar-refractivity contribution in [3.8, 4) is 0 Å². The summed E-state index contributed by atoms with van der Waals surface area (Å²) in [5.41, 5.74) is 6.50. The van der Waals surface area contributed by atoms with Crippen LogP contribution in [0.1, 0.15) is 6.42 Å². The number of aliphatic hydroxyl groups excluding tert-OH is 1. The molecule has 2 heterocycles. The standard InChI is InChI=1S/C11H17N5OS/c12-9-8-16-4-2-14-11(16)10(15-9)13-3-7-18-6-1-5-17/h2,4,8,17H,1,3,5-7,12H2,(H,13,15). The van der Waals surface area contributed by atoms with E-state index in [2.05, 4.69) is 15.3 Å². The van der Waals surface area contributed by atoms with Crippen molar-refractivity contribution in [2.75, 3.05) is 35.7 Å². The van der Waals surface area contributed by atoms with Gasteiger partial charge in [-0.05, 0) is 12.2 Å². The predicted molar refractivity (Wildman–Crippen MR) is 74.9 cm³/mol. The second kappa shape index (κ2) is 6.46. The Hall–Kier alpha value is -1.47. The third kappa shape index (κ3) is 3.27. The van der Waals surface area contributed by atoms with Crippen LogP contribution in [0.15, 0.2) is 18.6 Å². The lowest BCUT2D eigenvalue weighted by molar-refractivity contribution is 0.296. The molecule has 0 saturated heterocycles. The molecule has 2 rings (SSSR count). The molecule has 0 amide bonds. The lowest BCUT2D eigenvalue weighted by Gasteiger charge is -2.07. The van der Waals surface area contributed by atoms with Gasteiger partial charge in [-0.25, -0.2) is 9.97 Å². The van der Waals surface area contributed by atoms with Gasteiger partial charge in [-0.3, -0.25) is 0 Å². The van der Waals surface area contributed by atoms with Crippen LogP contribution in [0, 0.1) is 0 Å². The number of hydrogen-bond donors (Lipinski definition) is 3. The first-order valence-corrected chi connectivity index (χ1v) is 6.98. The minimum atomic E-state index is 0.256. The number of nitrogens with two attached hydrogens (primary N) is 1. The van der Waals surface area contributed by atoms with E-state index in [0.717, 1.165) is 30.1 Å². The van der Waals surface area contributed by atoms with E-state index in [0.29, 0.717) is 11.6 Å². The average molecular weight is 267 g/mol. The lowest BCUT2D eigenvalue weighted by atomic mass is 10.5. The van der Waals surface area contributed by atoms with Gasteiger partial charge in [0.15, 0.2) is 11.5 Å². The first kappa shape index (κ1) is 13.0. The van der Waals surface area contributed by atoms with Crippen molar-refractivity contribution in [3.63, 3.8) is 0 Å². The van der Waals surface area contributed by atoms with Gasteiger partial charge in [0.05, 0.1) is 6.20 Å². The zero-order valence-electron chi connectivity index (χ0n) is 10.0. The van der Waals surface area contributed by atoms with Crippen molar-refractivity contribution in [2.24, 2.45) is 0 Å². The van der Waals surface area contributed by atoms with Gasteiger partial charge in [-0.2, -0.15) is 11.8 Å². The smallest absolute Gasteiger partial charge is 0.180 e. The first-order chi connectivity index (χ1) is 8.81. The number of imidazole rings is 1. The van der Waals surface area contributed by atoms with E-state index in [-0.39, 0.29) is 6.61 Å². The molecular formula is C11H17N5OS. The van der Waals surface area contributed by atoms with E-state index in [9.17, 15) is 0 Å². The summed E-state index contributed by atoms with van der Waals surface area (Å²) in [6.07, 6.45) is 6.14. The number of aliphatic hydroxyl groups is 1. The van der Waals surface area contributed by atoms with Crippen LogP contribution < -0.4 is 11.1 Å². The molecule has 0 saturated carbocycles. The second-order valence-corrected chi connectivity index (χ2v) is 5.01. The van der Waals surface area contributed by atoms with Gasteiger partial charge in [-0.15, -0.1) is 0 Å². The van der Waals surface area contributed by atoms with Crippen LogP contribution in [0.25, 0.3) is 5.65 Å². The van der Waals surface area contributed by atoms with Crippen LogP contribution in [0.5, 0.6) is 0 Å². The summed E-state index contributed by atoms with van der Waals surface area (Å²) in [6.45, 7) is 1.06. The minimum absolute atomic E-state index is 0.256. The van der Waals surface area contributed by atoms with Crippen molar-refractivity contribution in [1.29, 1.82) is 0 Å². The molecule has 0 unspecified atom stereocenters. The zero-order chi connectivity index (χ0) is 12.8. The molecule has 0 bridgehead atoms. The van der Waals surface area contributed by atoms with Crippen LogP contribution >= 0.6 is 11.8 Å². The lowest BCUT2D eigenvalue weighted by Crippen LogP contribution is -2.09. The van der Waals surface area contributed by atoms with Crippen LogP contribution in [0.2, 0.25) is 0 Å². The molecule has 0 fully saturated rings. The molecule has 2 aromatic heterocycles. The number of anilines is 2. The normalized spacial score (nSPS) is 10.9. The van der Waals surface area contributed by atoms with Gasteiger partial charge < -0.3 is 20.6 Å². The zero-order valence-corrected chi connectivity index (χ0v) is 10.9. The Labute approximate surface area is 110 Å². The summed E-state index contributed by atoms with van der Waals surface area (Å²) in [7, 11) is 0. The van der Waals surface area contributed by atoms with E-state index in [1.807, 2.05) is 10.6 Å². The number of nitrogens with one attached hydrogen (secondary N) is 1. The summed E-state index contributed by atoms with van der Waals surface area (Å²) < 4.78 is 1.85. The van der Waals surface area contributed by atoms with E-state index in [1.165, 1.54) is 0 Å². The number of rotatable bonds is 7. The number of hydrogen-bond acceptors (Lipinski definition) is 6. The molecule has 0 atom stereocenters. The fraction of sp³-hybridized carbons (Fsp3) is 0.455. The fourth-order valence-electron chi connectivity index (χ4n) is 1.58. The van der Waals surface area contributed by atoms with Gasteiger partial charge in [0, 0.05) is 31.3 Å². The Balaban J connectivity index is 1.89. The highest BCUT2D eigenvalue weighted by molar-refractivity contribution is 7.99. The fourth-order valence-corrected chi connectivity index (χ4v) is 2.36. The summed E-state index contributed by atoms with van der Waals surface area (Å²) in [4.78, 5) is 8.47. The highest BCUT2D eigenvalue weighted by Crippen LogP contribution is 2.14. The largest absolute Gasteiger partial charge is 0.396 e. The average Bonchev–Trinajstić information content (AvgIpc) is 2.81. The van der Waals surface area contributed by atoms with Crippen LogP contribution in [0.3, 0.4) is 0 Å². The summed E-state index contributed by atoms with van der Waals surface area (Å²) in [6, 6.07) is 0. The molecule has 0 spiro atoms. The Morgan fingerprint density at radius 3 is 3.17 bits per heavy atom. The van der Waals surface area contributed by atoms with E-state index < -0.39 is 0 Å². The third-order valence-corrected chi connectivity index (χ3v) is 3.45. The first-order valence-electron chi connectivity index (χ1n) is 5.83. The molecule has 7 heteroatoms. The summed E-state index contributed by atoms with van der Waals surface area (Å²) in [5.74, 6) is 3.11. The predicted octanol–water partition coefficient (Wildman–Crippen LogP) is 0.839. The van der Waals surface area contributed by atoms with Gasteiger partial charge in [0.25, 0.3) is 0 Å². The maximum Gasteiger partial charge on any atom is 0.180 e. The second-order valence-electron chi connectivity index (χ2n) is 3.79. The Morgan fingerprint density at radius 2 is 2.33 bits per heavy atom. The van der Waals surface area contributed by atoms with Gasteiger partial charge in [-0.1, -0.05) is 0 Å². The van der Waals surface area contributed by atoms with Crippen molar-refractivity contribution in [1.82, 2.24) is 14.4 Å². The molecule has 6 nitrogen and oxygen atoms in total. The summed E-state index contributed by atoms with van der Waals surface area (Å²) >= 11 is 1.80. The Kier molecular flexibility index (Phi) is 4.66. The van der Waals surface area contributed by atoms with Crippen molar-refractivity contribution < 1.29 is 5.11 Å². The summed E-state index contributed by atoms with van der Waals surface area (Å²) in [5, 5.41) is 11.9. The van der Waals surface area contributed by atoms with Gasteiger partial charge in [0.1, 0.15) is 5.82 Å². The Bertz CT molecular complexity index is 501. The molecule has 0 radical (unpaired) electrons. The van der Waals surface area contributed by atoms with Crippen LogP contribution in [-0.4, -0.2) is 44.1 Å². The van der Waals surface area contributed by atoms with Crippen molar-refractivity contribution in [2.45, 2.75) is 6.42 Å². The van der Waals surface area contributed by atoms with E-state index in [1.54, 1.807) is 24.2 Å². The highest BCUT2D eigenvalue weighted by atomic mass is 32.2. The molecule has 0 aromatic carbocycles. The third-order valence-electron chi connectivity index (χ3n) is 2.38. The minimum Gasteiger partial charge on any atom is -0.396 e. The van der Waals surface area contributed by atoms with Crippen molar-refractivity contribution >= 4 is 29.0 Å². The van der Waals surface area contributed by atoms with Crippen LogP contribution in [0.4, 0.5) is 11.6 Å². The Morgan fingerprint density at radius 1 is 1.44 bits per heavy atom. The molecule has 4 N–H and O–H groups in total. The van der Waals surface area contributed by atoms with E-state index >= 15 is 0 Å². The maximum absolute atomic E-state index is 8.66. The molecular weight excluding hydrogens is 250 g/mol. The molecule has 0 aliphatic carbocycles. The van der Waals surface area contributed by atoms with Crippen molar-refractivity contribution in [3.05, 3.63) is 18.6 Å². The highest BCUT2D eigenvalue weighted by Gasteiger charge is 2.04. The SMILES string of the molecule is Nc1cn2ccnc2c(NCCSCCCO)n1. The molecule has 2 aromatic rings. The number of aromatic nitrogens is 3. The molecule has 0 aliphatic heterocycles. The molecule has 18 heavy (non-hydrogen) atoms. The number of fused-ring (bicyclic) bond motifs is 1. The van der Waals surface area contributed by atoms with Gasteiger partial charge >= 0.3 is 0 Å².